The second-order valence-corrected chi connectivity index (χ2v) is 4.77. The van der Waals surface area contributed by atoms with E-state index in [2.05, 4.69) is 51.8 Å². The molecule has 0 aliphatic heterocycles. The number of nitrogens with one attached hydrogen (secondary N) is 1. The Hall–Kier alpha value is -0.350. The van der Waals surface area contributed by atoms with Gasteiger partial charge in [0.15, 0.2) is 0 Å². The van der Waals surface area contributed by atoms with Gasteiger partial charge in [-0.05, 0) is 42.7 Å². The third-order valence-electron chi connectivity index (χ3n) is 3.03. The third-order valence-corrected chi connectivity index (χ3v) is 3.95. The van der Waals surface area contributed by atoms with Crippen molar-refractivity contribution in [1.29, 1.82) is 0 Å². The van der Waals surface area contributed by atoms with Crippen molar-refractivity contribution < 1.29 is 0 Å². The van der Waals surface area contributed by atoms with Crippen molar-refractivity contribution in [3.05, 3.63) is 15.9 Å². The van der Waals surface area contributed by atoms with Crippen LogP contribution in [0.2, 0.25) is 0 Å². The second-order valence-electron chi connectivity index (χ2n) is 3.97. The Morgan fingerprint density at radius 3 is 2.50 bits per heavy atom. The maximum absolute atomic E-state index is 4.61. The highest BCUT2D eigenvalue weighted by Gasteiger charge is 2.16. The smallest absolute Gasteiger partial charge is 0.0766 e. The first-order valence-corrected chi connectivity index (χ1v) is 6.88. The van der Waals surface area contributed by atoms with Crippen molar-refractivity contribution in [2.75, 3.05) is 7.05 Å². The molecule has 0 aliphatic rings. The highest BCUT2D eigenvalue weighted by molar-refractivity contribution is 9.10. The molecule has 0 bridgehead atoms. The van der Waals surface area contributed by atoms with Crippen molar-refractivity contribution in [1.82, 2.24) is 15.1 Å². The molecule has 0 fully saturated rings. The average Bonchev–Trinajstić information content (AvgIpc) is 2.62. The number of hydrogen-bond donors (Lipinski definition) is 1. The van der Waals surface area contributed by atoms with Crippen LogP contribution in [-0.4, -0.2) is 22.9 Å². The maximum Gasteiger partial charge on any atom is 0.0766 e. The first-order valence-electron chi connectivity index (χ1n) is 6.09. The first kappa shape index (κ1) is 13.7. The Labute approximate surface area is 107 Å². The summed E-state index contributed by atoms with van der Waals surface area (Å²) < 4.78 is 3.31. The lowest BCUT2D eigenvalue weighted by Crippen LogP contribution is -2.27. The van der Waals surface area contributed by atoms with Crippen LogP contribution in [0.4, 0.5) is 0 Å². The van der Waals surface area contributed by atoms with E-state index in [9.17, 15) is 0 Å². The minimum Gasteiger partial charge on any atom is -0.317 e. The summed E-state index contributed by atoms with van der Waals surface area (Å²) in [4.78, 5) is 0. The van der Waals surface area contributed by atoms with E-state index in [1.165, 1.54) is 15.9 Å². The van der Waals surface area contributed by atoms with E-state index in [4.69, 9.17) is 0 Å². The third kappa shape index (κ3) is 2.86. The van der Waals surface area contributed by atoms with Crippen LogP contribution in [0.1, 0.15) is 38.6 Å². The number of likely N-dealkylation sites (N-methyl/N-ethyl adjacent to an activating group) is 1. The van der Waals surface area contributed by atoms with Gasteiger partial charge in [0.1, 0.15) is 0 Å². The zero-order valence-corrected chi connectivity index (χ0v) is 12.3. The van der Waals surface area contributed by atoms with Gasteiger partial charge in [-0.15, -0.1) is 0 Å². The zero-order valence-electron chi connectivity index (χ0n) is 10.7. The van der Waals surface area contributed by atoms with E-state index in [0.717, 1.165) is 25.8 Å². The molecule has 0 aromatic carbocycles. The fourth-order valence-electron chi connectivity index (χ4n) is 1.90. The molecule has 0 radical (unpaired) electrons. The van der Waals surface area contributed by atoms with Crippen molar-refractivity contribution in [2.24, 2.45) is 0 Å². The lowest BCUT2D eigenvalue weighted by atomic mass is 10.1. The molecule has 3 nitrogen and oxygen atoms in total. The molecule has 16 heavy (non-hydrogen) atoms. The number of nitrogens with zero attached hydrogens (tertiary/aromatic N) is 2. The Bertz CT molecular complexity index is 329. The molecule has 1 aromatic heterocycles. The van der Waals surface area contributed by atoms with Gasteiger partial charge in [0.05, 0.1) is 15.9 Å². The maximum atomic E-state index is 4.61. The van der Waals surface area contributed by atoms with Crippen LogP contribution in [0.15, 0.2) is 4.47 Å². The summed E-state index contributed by atoms with van der Waals surface area (Å²) in [7, 11) is 2.02. The molecule has 0 spiro atoms. The van der Waals surface area contributed by atoms with Crippen molar-refractivity contribution in [3.8, 4) is 0 Å². The Morgan fingerprint density at radius 2 is 2.06 bits per heavy atom. The number of aromatic nitrogens is 2. The molecule has 92 valence electrons. The van der Waals surface area contributed by atoms with Crippen LogP contribution < -0.4 is 5.32 Å². The molecule has 0 saturated carbocycles. The average molecular weight is 288 g/mol. The van der Waals surface area contributed by atoms with Gasteiger partial charge in [0, 0.05) is 19.0 Å². The number of hydrogen-bond acceptors (Lipinski definition) is 2. The van der Waals surface area contributed by atoms with Crippen molar-refractivity contribution in [3.63, 3.8) is 0 Å². The van der Waals surface area contributed by atoms with Gasteiger partial charge in [0.25, 0.3) is 0 Å². The zero-order chi connectivity index (χ0) is 12.1. The van der Waals surface area contributed by atoms with Gasteiger partial charge in [0.2, 0.25) is 0 Å². The molecule has 1 rings (SSSR count). The fraction of sp³-hybridized carbons (Fsp3) is 0.750. The molecule has 1 aromatic rings. The molecule has 4 heteroatoms. The molecular formula is C12H22BrN3. The largest absolute Gasteiger partial charge is 0.317 e. The molecular weight excluding hydrogens is 266 g/mol. The van der Waals surface area contributed by atoms with E-state index in [0.29, 0.717) is 6.04 Å². The molecule has 0 amide bonds. The van der Waals surface area contributed by atoms with E-state index in [-0.39, 0.29) is 0 Å². The minimum absolute atomic E-state index is 0.531. The van der Waals surface area contributed by atoms with Gasteiger partial charge in [-0.3, -0.25) is 4.68 Å². The van der Waals surface area contributed by atoms with Crippen LogP contribution in [0, 0.1) is 0 Å². The summed E-state index contributed by atoms with van der Waals surface area (Å²) in [6.07, 6.45) is 3.16. The first-order chi connectivity index (χ1) is 7.67. The summed E-state index contributed by atoms with van der Waals surface area (Å²) in [5.41, 5.74) is 2.49. The van der Waals surface area contributed by atoms with Gasteiger partial charge in [-0.25, -0.2) is 0 Å². The Kier molecular flexibility index (Phi) is 5.49. The highest BCUT2D eigenvalue weighted by Crippen LogP contribution is 2.23. The normalized spacial score (nSPS) is 13.1. The fourth-order valence-corrected chi connectivity index (χ4v) is 2.62. The molecule has 0 saturated heterocycles. The van der Waals surface area contributed by atoms with Gasteiger partial charge < -0.3 is 5.32 Å². The van der Waals surface area contributed by atoms with Gasteiger partial charge >= 0.3 is 0 Å². The van der Waals surface area contributed by atoms with E-state index in [1.54, 1.807) is 0 Å². The number of aryl methyl sites for hydroxylation is 2. The molecule has 1 heterocycles. The predicted molar refractivity (Wildman–Crippen MR) is 71.8 cm³/mol. The predicted octanol–water partition coefficient (Wildman–Crippen LogP) is 2.77. The van der Waals surface area contributed by atoms with Crippen molar-refractivity contribution in [2.45, 2.75) is 52.6 Å². The topological polar surface area (TPSA) is 29.9 Å². The van der Waals surface area contributed by atoms with Crippen LogP contribution in [0.5, 0.6) is 0 Å². The van der Waals surface area contributed by atoms with Crippen LogP contribution in [-0.2, 0) is 19.4 Å². The van der Waals surface area contributed by atoms with Crippen LogP contribution in [0.3, 0.4) is 0 Å². The van der Waals surface area contributed by atoms with Crippen LogP contribution >= 0.6 is 15.9 Å². The quantitative estimate of drug-likeness (QED) is 0.872. The summed E-state index contributed by atoms with van der Waals surface area (Å²) in [5, 5.41) is 7.95. The van der Waals surface area contributed by atoms with Crippen LogP contribution in [0.25, 0.3) is 0 Å². The van der Waals surface area contributed by atoms with E-state index >= 15 is 0 Å². The van der Waals surface area contributed by atoms with Gasteiger partial charge in [-0.2, -0.15) is 5.10 Å². The highest BCUT2D eigenvalue weighted by atomic mass is 79.9. The SMILES string of the molecule is CCc1nn(CC)c(CC(CC)NC)c1Br. The number of rotatable bonds is 6. The summed E-state index contributed by atoms with van der Waals surface area (Å²) >= 11 is 3.68. The van der Waals surface area contributed by atoms with Gasteiger partial charge in [-0.1, -0.05) is 13.8 Å². The second kappa shape index (κ2) is 6.40. The standard InChI is InChI=1S/C12H22BrN3/c1-5-9(14-4)8-11-12(13)10(6-2)15-16(11)7-3/h9,14H,5-8H2,1-4H3. The Morgan fingerprint density at radius 1 is 1.38 bits per heavy atom. The summed E-state index contributed by atoms with van der Waals surface area (Å²) in [6.45, 7) is 7.44. The lowest BCUT2D eigenvalue weighted by molar-refractivity contribution is 0.509. The summed E-state index contributed by atoms with van der Waals surface area (Å²) in [6, 6.07) is 0.531. The van der Waals surface area contributed by atoms with E-state index < -0.39 is 0 Å². The van der Waals surface area contributed by atoms with E-state index in [1.807, 2.05) is 7.05 Å². The molecule has 0 aliphatic carbocycles. The monoisotopic (exact) mass is 287 g/mol. The Balaban J connectivity index is 2.96. The lowest BCUT2D eigenvalue weighted by Gasteiger charge is -2.14. The molecule has 1 unspecified atom stereocenters. The number of halogens is 1. The summed E-state index contributed by atoms with van der Waals surface area (Å²) in [5.74, 6) is 0. The van der Waals surface area contributed by atoms with Crippen molar-refractivity contribution >= 4 is 15.9 Å². The molecule has 1 atom stereocenters. The molecule has 1 N–H and O–H groups in total. The minimum atomic E-state index is 0.531.